The van der Waals surface area contributed by atoms with Crippen molar-refractivity contribution in [2.24, 2.45) is 5.73 Å². The number of anilines is 1. The molecule has 0 fully saturated rings. The number of nitrogens with zero attached hydrogens (tertiary/aromatic N) is 3. The molecule has 15 heteroatoms. The van der Waals surface area contributed by atoms with Crippen LogP contribution in [0.5, 0.6) is 17.2 Å². The lowest BCUT2D eigenvalue weighted by Crippen LogP contribution is -2.46. The van der Waals surface area contributed by atoms with E-state index < -0.39 is 74.6 Å². The van der Waals surface area contributed by atoms with Crippen LogP contribution in [0.2, 0.25) is 0 Å². The van der Waals surface area contributed by atoms with Gasteiger partial charge in [0.05, 0.1) is 22.9 Å². The van der Waals surface area contributed by atoms with Crippen LogP contribution in [0.15, 0.2) is 24.4 Å². The highest BCUT2D eigenvalue weighted by Gasteiger charge is 2.31. The van der Waals surface area contributed by atoms with Gasteiger partial charge in [-0.05, 0) is 47.6 Å². The second-order valence-electron chi connectivity index (χ2n) is 10.6. The fraction of sp³-hybridized carbons (Fsp3) is 0.440. The molecule has 0 saturated carbocycles. The maximum atomic E-state index is 14.6. The van der Waals surface area contributed by atoms with E-state index >= 15 is 0 Å². The first-order valence-corrected chi connectivity index (χ1v) is 11.8. The summed E-state index contributed by atoms with van der Waals surface area (Å²) in [7, 11) is 1.26. The van der Waals surface area contributed by atoms with Crippen molar-refractivity contribution in [3.63, 3.8) is 0 Å². The third kappa shape index (κ3) is 8.76. The van der Waals surface area contributed by atoms with Crippen molar-refractivity contribution >= 4 is 29.4 Å². The van der Waals surface area contributed by atoms with E-state index in [1.807, 2.05) is 0 Å². The van der Waals surface area contributed by atoms with Crippen molar-refractivity contribution in [3.05, 3.63) is 46.0 Å². The number of aromatic nitrogens is 1. The molecule has 0 saturated heterocycles. The minimum atomic E-state index is -1.24. The van der Waals surface area contributed by atoms with Gasteiger partial charge in [-0.15, -0.1) is 0 Å². The zero-order valence-electron chi connectivity index (χ0n) is 23.1. The van der Waals surface area contributed by atoms with E-state index in [-0.39, 0.29) is 12.2 Å². The number of esters is 2. The van der Waals surface area contributed by atoms with Crippen molar-refractivity contribution in [2.45, 2.75) is 58.8 Å². The molecule has 1 aromatic carbocycles. The number of pyridine rings is 1. The molecule has 218 valence electrons. The second kappa shape index (κ2) is 12.1. The molecule has 4 N–H and O–H groups in total. The lowest BCUT2D eigenvalue weighted by molar-refractivity contribution is -0.385. The quantitative estimate of drug-likeness (QED) is 0.268. The van der Waals surface area contributed by atoms with Gasteiger partial charge in [-0.3, -0.25) is 14.9 Å². The number of hydrogen-bond acceptors (Lipinski definition) is 12. The maximum Gasteiger partial charge on any atom is 0.415 e. The van der Waals surface area contributed by atoms with Gasteiger partial charge in [0.2, 0.25) is 5.75 Å². The topological polar surface area (TPSA) is 199 Å². The molecular formula is C25H32FN5O9. The Morgan fingerprint density at radius 2 is 1.70 bits per heavy atom. The highest BCUT2D eigenvalue weighted by Crippen LogP contribution is 2.41. The molecule has 0 aliphatic rings. The molecule has 0 radical (unpaired) electrons. The van der Waals surface area contributed by atoms with Crippen LogP contribution in [0, 0.1) is 15.9 Å². The van der Waals surface area contributed by atoms with Crippen molar-refractivity contribution in [1.82, 2.24) is 9.88 Å². The van der Waals surface area contributed by atoms with Crippen LogP contribution in [0.4, 0.5) is 20.6 Å². The van der Waals surface area contributed by atoms with Gasteiger partial charge < -0.3 is 35.3 Å². The highest BCUT2D eigenvalue weighted by molar-refractivity contribution is 5.94. The number of likely N-dealkylation sites (N-methyl/N-ethyl adjacent to an activating group) is 1. The number of non-ortho nitro benzene ring substituents is 1. The van der Waals surface area contributed by atoms with Crippen molar-refractivity contribution < 1.29 is 42.6 Å². The van der Waals surface area contributed by atoms with Gasteiger partial charge in [-0.25, -0.2) is 19.0 Å². The predicted molar refractivity (Wildman–Crippen MR) is 139 cm³/mol. The maximum absolute atomic E-state index is 14.6. The fourth-order valence-electron chi connectivity index (χ4n) is 2.94. The Hall–Kier alpha value is -4.53. The SMILES string of the molecule is CN(CC(N)C(=O)OC(C)(C)C)C(=O)Oc1c(C(=O)OC(C)(C)C)ncc(N)c1Oc1ccc([N+](=O)[O-])cc1F. The molecule has 2 aromatic rings. The fourth-order valence-corrected chi connectivity index (χ4v) is 2.94. The third-order valence-corrected chi connectivity index (χ3v) is 4.63. The van der Waals surface area contributed by atoms with Gasteiger partial charge in [0, 0.05) is 19.7 Å². The van der Waals surface area contributed by atoms with E-state index in [1.165, 1.54) is 7.05 Å². The molecule has 0 aliphatic heterocycles. The summed E-state index contributed by atoms with van der Waals surface area (Å²) in [6.45, 7) is 9.36. The Bertz CT molecular complexity index is 1300. The molecule has 0 spiro atoms. The van der Waals surface area contributed by atoms with Crippen LogP contribution in [0.3, 0.4) is 0 Å². The zero-order chi connectivity index (χ0) is 30.6. The summed E-state index contributed by atoms with van der Waals surface area (Å²) in [4.78, 5) is 53.1. The Morgan fingerprint density at radius 3 is 2.23 bits per heavy atom. The van der Waals surface area contributed by atoms with Crippen LogP contribution in [-0.2, 0) is 14.3 Å². The lowest BCUT2D eigenvalue weighted by atomic mass is 10.2. The van der Waals surface area contributed by atoms with E-state index in [0.29, 0.717) is 6.07 Å². The van der Waals surface area contributed by atoms with E-state index in [9.17, 15) is 28.9 Å². The first-order valence-electron chi connectivity index (χ1n) is 11.8. The summed E-state index contributed by atoms with van der Waals surface area (Å²) >= 11 is 0. The van der Waals surface area contributed by atoms with Gasteiger partial charge >= 0.3 is 18.0 Å². The number of carbonyl (C=O) groups is 3. The monoisotopic (exact) mass is 565 g/mol. The predicted octanol–water partition coefficient (Wildman–Crippen LogP) is 3.56. The number of carbonyl (C=O) groups excluding carboxylic acids is 3. The number of nitrogens with two attached hydrogens (primary N) is 2. The molecule has 1 aromatic heterocycles. The number of nitrogen functional groups attached to an aromatic ring is 1. The van der Waals surface area contributed by atoms with Crippen LogP contribution < -0.4 is 20.9 Å². The molecule has 40 heavy (non-hydrogen) atoms. The zero-order valence-corrected chi connectivity index (χ0v) is 23.1. The van der Waals surface area contributed by atoms with Gasteiger partial charge in [-0.1, -0.05) is 0 Å². The minimum absolute atomic E-state index is 0.277. The summed E-state index contributed by atoms with van der Waals surface area (Å²) in [5.74, 6) is -4.60. The van der Waals surface area contributed by atoms with Gasteiger partial charge in [0.1, 0.15) is 17.2 Å². The number of halogens is 1. The van der Waals surface area contributed by atoms with Crippen molar-refractivity contribution in [2.75, 3.05) is 19.3 Å². The number of ether oxygens (including phenoxy) is 4. The number of hydrogen-bond donors (Lipinski definition) is 2. The lowest BCUT2D eigenvalue weighted by Gasteiger charge is -2.25. The Balaban J connectivity index is 2.48. The number of nitro groups is 1. The van der Waals surface area contributed by atoms with Crippen LogP contribution in [0.1, 0.15) is 52.0 Å². The van der Waals surface area contributed by atoms with E-state index in [4.69, 9.17) is 30.4 Å². The average Bonchev–Trinajstić information content (AvgIpc) is 2.79. The molecule has 0 aliphatic carbocycles. The van der Waals surface area contributed by atoms with Crippen LogP contribution >= 0.6 is 0 Å². The van der Waals surface area contributed by atoms with E-state index in [2.05, 4.69) is 4.98 Å². The van der Waals surface area contributed by atoms with E-state index in [0.717, 1.165) is 23.2 Å². The van der Waals surface area contributed by atoms with Crippen molar-refractivity contribution in [3.8, 4) is 17.2 Å². The summed E-state index contributed by atoms with van der Waals surface area (Å²) in [5, 5.41) is 11.0. The standard InChI is InChI=1S/C25H32FN5O9/c1-24(2,3)39-21(32)16(28)12-30(7)23(34)38-20-18(22(33)40-25(4,5)6)29-11-15(27)19(20)37-17-9-8-13(31(35)36)10-14(17)26/h8-11,16H,12,27-28H2,1-7H3. The normalized spacial score (nSPS) is 12.2. The molecule has 14 nitrogen and oxygen atoms in total. The van der Waals surface area contributed by atoms with Gasteiger partial charge in [0.25, 0.3) is 5.69 Å². The van der Waals surface area contributed by atoms with E-state index in [1.54, 1.807) is 41.5 Å². The minimum Gasteiger partial charge on any atom is -0.459 e. The third-order valence-electron chi connectivity index (χ3n) is 4.63. The van der Waals surface area contributed by atoms with Crippen molar-refractivity contribution in [1.29, 1.82) is 0 Å². The number of rotatable bonds is 8. The molecule has 1 heterocycles. The summed E-state index contributed by atoms with van der Waals surface area (Å²) in [6, 6.07) is 1.30. The molecule has 2 rings (SSSR count). The molecule has 1 atom stereocenters. The average molecular weight is 566 g/mol. The summed E-state index contributed by atoms with van der Waals surface area (Å²) in [6.07, 6.45) is -0.123. The first-order chi connectivity index (χ1) is 18.3. The smallest absolute Gasteiger partial charge is 0.415 e. The first kappa shape index (κ1) is 31.7. The number of nitro benzene ring substituents is 1. The summed E-state index contributed by atoms with van der Waals surface area (Å²) in [5.41, 5.74) is 8.67. The Labute approximate surface area is 229 Å². The highest BCUT2D eigenvalue weighted by atomic mass is 19.1. The molecule has 0 bridgehead atoms. The largest absolute Gasteiger partial charge is 0.459 e. The Morgan fingerprint density at radius 1 is 1.10 bits per heavy atom. The second-order valence-corrected chi connectivity index (χ2v) is 10.6. The Kier molecular flexibility index (Phi) is 9.59. The number of benzene rings is 1. The van der Waals surface area contributed by atoms with Crippen LogP contribution in [0.25, 0.3) is 0 Å². The summed E-state index contributed by atoms with van der Waals surface area (Å²) < 4.78 is 36.1. The molecule has 1 unspecified atom stereocenters. The van der Waals surface area contributed by atoms with Gasteiger partial charge in [0.15, 0.2) is 23.0 Å². The molecule has 1 amide bonds. The van der Waals surface area contributed by atoms with Gasteiger partial charge in [-0.2, -0.15) is 0 Å². The molecular weight excluding hydrogens is 533 g/mol. The number of amides is 1. The van der Waals surface area contributed by atoms with Crippen LogP contribution in [-0.4, -0.2) is 63.7 Å².